The van der Waals surface area contributed by atoms with Gasteiger partial charge in [0, 0.05) is 17.3 Å². The number of aromatic nitrogens is 1. The van der Waals surface area contributed by atoms with Crippen LogP contribution < -0.4 is 0 Å². The first-order chi connectivity index (χ1) is 6.72. The highest BCUT2D eigenvalue weighted by Gasteiger charge is 2.05. The Bertz CT molecular complexity index is 506. The van der Waals surface area contributed by atoms with E-state index in [9.17, 15) is 9.90 Å². The van der Waals surface area contributed by atoms with Gasteiger partial charge in [0.05, 0.1) is 5.56 Å². The highest BCUT2D eigenvalue weighted by molar-refractivity contribution is 5.95. The average molecular weight is 187 g/mol. The Hall–Kier alpha value is -1.90. The number of benzene rings is 1. The fraction of sp³-hybridized carbons (Fsp3) is 0.0909. The zero-order valence-corrected chi connectivity index (χ0v) is 7.69. The molecule has 0 radical (unpaired) electrons. The molecule has 0 aliphatic heterocycles. The van der Waals surface area contributed by atoms with E-state index in [4.69, 9.17) is 0 Å². The van der Waals surface area contributed by atoms with E-state index < -0.39 is 0 Å². The molecule has 0 spiro atoms. The van der Waals surface area contributed by atoms with Gasteiger partial charge in [-0.25, -0.2) is 0 Å². The highest BCUT2D eigenvalue weighted by atomic mass is 16.3. The van der Waals surface area contributed by atoms with Gasteiger partial charge in [0.15, 0.2) is 6.29 Å². The van der Waals surface area contributed by atoms with E-state index >= 15 is 0 Å². The maximum absolute atomic E-state index is 10.6. The molecule has 0 amide bonds. The quantitative estimate of drug-likeness (QED) is 0.695. The van der Waals surface area contributed by atoms with Crippen LogP contribution in [0.4, 0.5) is 0 Å². The number of hydrogen-bond acceptors (Lipinski definition) is 3. The van der Waals surface area contributed by atoms with Crippen molar-refractivity contribution in [2.45, 2.75) is 6.92 Å². The van der Waals surface area contributed by atoms with Gasteiger partial charge in [-0.05, 0) is 24.4 Å². The molecule has 0 fully saturated rings. The third-order valence-electron chi connectivity index (χ3n) is 2.17. The Balaban J connectivity index is 2.83. The van der Waals surface area contributed by atoms with Gasteiger partial charge < -0.3 is 5.11 Å². The number of phenolic OH excluding ortho intramolecular Hbond substituents is 1. The first-order valence-electron chi connectivity index (χ1n) is 4.26. The van der Waals surface area contributed by atoms with Crippen molar-refractivity contribution in [3.05, 3.63) is 35.7 Å². The van der Waals surface area contributed by atoms with Crippen molar-refractivity contribution in [1.82, 2.24) is 4.98 Å². The van der Waals surface area contributed by atoms with Crippen LogP contribution in [-0.4, -0.2) is 16.4 Å². The summed E-state index contributed by atoms with van der Waals surface area (Å²) in [6.45, 7) is 1.88. The number of carbonyl (C=O) groups is 1. The van der Waals surface area contributed by atoms with E-state index in [2.05, 4.69) is 4.98 Å². The molecule has 3 heteroatoms. The minimum absolute atomic E-state index is 0.00463. The molecule has 0 saturated heterocycles. The molecule has 1 aromatic carbocycles. The predicted octanol–water partition coefficient (Wildman–Crippen LogP) is 2.06. The van der Waals surface area contributed by atoms with Crippen LogP contribution in [0.15, 0.2) is 24.4 Å². The lowest BCUT2D eigenvalue weighted by Gasteiger charge is -2.03. The molecule has 0 aliphatic rings. The van der Waals surface area contributed by atoms with Gasteiger partial charge in [-0.2, -0.15) is 0 Å². The van der Waals surface area contributed by atoms with Crippen molar-refractivity contribution in [2.75, 3.05) is 0 Å². The first-order valence-corrected chi connectivity index (χ1v) is 4.26. The van der Waals surface area contributed by atoms with Gasteiger partial charge in [0.25, 0.3) is 0 Å². The van der Waals surface area contributed by atoms with Crippen molar-refractivity contribution in [3.63, 3.8) is 0 Å². The number of rotatable bonds is 1. The summed E-state index contributed by atoms with van der Waals surface area (Å²) in [6.07, 6.45) is 2.21. The van der Waals surface area contributed by atoms with Crippen molar-refractivity contribution in [2.24, 2.45) is 0 Å². The summed E-state index contributed by atoms with van der Waals surface area (Å²) in [6, 6.07) is 5.27. The second-order valence-corrected chi connectivity index (χ2v) is 3.17. The van der Waals surface area contributed by atoms with E-state index in [1.807, 2.05) is 13.0 Å². The average Bonchev–Trinajstić information content (AvgIpc) is 2.18. The molecule has 0 saturated carbocycles. The Kier molecular flexibility index (Phi) is 1.93. The molecule has 14 heavy (non-hydrogen) atoms. The first kappa shape index (κ1) is 8.69. The molecule has 70 valence electrons. The van der Waals surface area contributed by atoms with E-state index in [-0.39, 0.29) is 5.75 Å². The molecular weight excluding hydrogens is 178 g/mol. The monoisotopic (exact) mass is 187 g/mol. The Morgan fingerprint density at radius 3 is 2.93 bits per heavy atom. The molecule has 2 rings (SSSR count). The number of phenols is 1. The topological polar surface area (TPSA) is 50.2 Å². The summed E-state index contributed by atoms with van der Waals surface area (Å²) in [5.74, 6) is 0.00463. The smallest absolute Gasteiger partial charge is 0.153 e. The maximum Gasteiger partial charge on any atom is 0.153 e. The third kappa shape index (κ3) is 1.23. The van der Waals surface area contributed by atoms with E-state index in [1.54, 1.807) is 18.3 Å². The van der Waals surface area contributed by atoms with Crippen LogP contribution in [0.2, 0.25) is 0 Å². The van der Waals surface area contributed by atoms with Crippen molar-refractivity contribution in [3.8, 4) is 5.75 Å². The standard InChI is InChI=1S/C11H9NO2/c1-7-4-8-2-3-9(6-13)11(14)10(8)5-12-7/h2-6,14H,1H3. The number of aldehydes is 1. The molecule has 2 aromatic rings. The van der Waals surface area contributed by atoms with Crippen molar-refractivity contribution < 1.29 is 9.90 Å². The van der Waals surface area contributed by atoms with Crippen LogP contribution in [0.1, 0.15) is 16.1 Å². The molecular formula is C11H9NO2. The molecule has 3 nitrogen and oxygen atoms in total. The van der Waals surface area contributed by atoms with Crippen LogP contribution in [-0.2, 0) is 0 Å². The third-order valence-corrected chi connectivity index (χ3v) is 2.17. The number of carbonyl (C=O) groups excluding carboxylic acids is 1. The number of fused-ring (bicyclic) bond motifs is 1. The minimum Gasteiger partial charge on any atom is -0.506 e. The Morgan fingerprint density at radius 2 is 2.21 bits per heavy atom. The highest BCUT2D eigenvalue weighted by Crippen LogP contribution is 2.27. The second kappa shape index (κ2) is 3.10. The normalized spacial score (nSPS) is 10.4. The van der Waals surface area contributed by atoms with Gasteiger partial charge in [-0.3, -0.25) is 9.78 Å². The van der Waals surface area contributed by atoms with Crippen LogP contribution in [0, 0.1) is 6.92 Å². The summed E-state index contributed by atoms with van der Waals surface area (Å²) in [4.78, 5) is 14.6. The summed E-state index contributed by atoms with van der Waals surface area (Å²) >= 11 is 0. The lowest BCUT2D eigenvalue weighted by molar-refractivity contribution is 0.112. The van der Waals surface area contributed by atoms with Crippen molar-refractivity contribution in [1.29, 1.82) is 0 Å². The van der Waals surface area contributed by atoms with Gasteiger partial charge in [-0.15, -0.1) is 0 Å². The fourth-order valence-electron chi connectivity index (χ4n) is 1.43. The number of hydrogen-bond donors (Lipinski definition) is 1. The summed E-state index contributed by atoms with van der Waals surface area (Å²) in [5.41, 5.74) is 1.18. The molecule has 0 atom stereocenters. The van der Waals surface area contributed by atoms with Crippen molar-refractivity contribution >= 4 is 17.1 Å². The van der Waals surface area contributed by atoms with Crippen LogP contribution in [0.25, 0.3) is 10.8 Å². The zero-order chi connectivity index (χ0) is 10.1. The number of nitrogens with zero attached hydrogens (tertiary/aromatic N) is 1. The van der Waals surface area contributed by atoms with Crippen LogP contribution in [0.3, 0.4) is 0 Å². The lowest BCUT2D eigenvalue weighted by Crippen LogP contribution is -1.86. The van der Waals surface area contributed by atoms with E-state index in [1.165, 1.54) is 0 Å². The molecule has 1 N–H and O–H groups in total. The van der Waals surface area contributed by atoms with Gasteiger partial charge in [0.2, 0.25) is 0 Å². The van der Waals surface area contributed by atoms with Gasteiger partial charge in [-0.1, -0.05) is 6.07 Å². The SMILES string of the molecule is Cc1cc2ccc(C=O)c(O)c2cn1. The van der Waals surface area contributed by atoms with E-state index in [0.29, 0.717) is 17.2 Å². The van der Waals surface area contributed by atoms with Crippen LogP contribution in [0.5, 0.6) is 5.75 Å². The molecule has 1 aromatic heterocycles. The number of pyridine rings is 1. The largest absolute Gasteiger partial charge is 0.506 e. The minimum atomic E-state index is 0.00463. The summed E-state index contributed by atoms with van der Waals surface area (Å²) < 4.78 is 0. The summed E-state index contributed by atoms with van der Waals surface area (Å²) in [7, 11) is 0. The fourth-order valence-corrected chi connectivity index (χ4v) is 1.43. The molecule has 0 bridgehead atoms. The number of aryl methyl sites for hydroxylation is 1. The van der Waals surface area contributed by atoms with Gasteiger partial charge in [0.1, 0.15) is 5.75 Å². The summed E-state index contributed by atoms with van der Waals surface area (Å²) in [5, 5.41) is 11.2. The second-order valence-electron chi connectivity index (χ2n) is 3.17. The van der Waals surface area contributed by atoms with Crippen LogP contribution >= 0.6 is 0 Å². The Morgan fingerprint density at radius 1 is 1.43 bits per heavy atom. The molecule has 0 aliphatic carbocycles. The van der Waals surface area contributed by atoms with E-state index in [0.717, 1.165) is 11.1 Å². The maximum atomic E-state index is 10.6. The molecule has 0 unspecified atom stereocenters. The number of aromatic hydroxyl groups is 1. The lowest BCUT2D eigenvalue weighted by atomic mass is 10.1. The molecule has 1 heterocycles. The van der Waals surface area contributed by atoms with Gasteiger partial charge >= 0.3 is 0 Å². The predicted molar refractivity (Wildman–Crippen MR) is 53.5 cm³/mol. The Labute approximate surface area is 81.0 Å². The zero-order valence-electron chi connectivity index (χ0n) is 7.69.